The molecule has 1 aliphatic heterocycles. The molecule has 0 aliphatic carbocycles. The molecule has 0 saturated carbocycles. The van der Waals surface area contributed by atoms with Gasteiger partial charge in [0.25, 0.3) is 10.0 Å². The fraction of sp³-hybridized carbons (Fsp3) is 0.188. The molecular weight excluding hydrogens is 316 g/mol. The highest BCUT2D eigenvalue weighted by atomic mass is 32.2. The molecule has 0 fully saturated rings. The summed E-state index contributed by atoms with van der Waals surface area (Å²) >= 11 is 0. The molecule has 1 amide bonds. The van der Waals surface area contributed by atoms with Crippen LogP contribution in [0.15, 0.2) is 47.4 Å². The van der Waals surface area contributed by atoms with E-state index in [0.29, 0.717) is 23.7 Å². The van der Waals surface area contributed by atoms with E-state index in [1.807, 2.05) is 6.92 Å². The van der Waals surface area contributed by atoms with Crippen LogP contribution in [0.1, 0.15) is 12.0 Å². The van der Waals surface area contributed by atoms with Crippen LogP contribution in [0.5, 0.6) is 5.75 Å². The minimum atomic E-state index is -3.68. The molecule has 1 aliphatic rings. The summed E-state index contributed by atoms with van der Waals surface area (Å²) in [4.78, 5) is 11.7. The monoisotopic (exact) mass is 332 g/mol. The molecule has 0 unspecified atom stereocenters. The summed E-state index contributed by atoms with van der Waals surface area (Å²) in [5, 5.41) is 2.70. The Balaban J connectivity index is 1.88. The van der Waals surface area contributed by atoms with E-state index in [-0.39, 0.29) is 17.2 Å². The molecule has 1 heterocycles. The van der Waals surface area contributed by atoms with Crippen LogP contribution in [0, 0.1) is 6.92 Å². The fourth-order valence-electron chi connectivity index (χ4n) is 2.21. The molecular formula is C16H16N2O4S. The highest BCUT2D eigenvalue weighted by Gasteiger charge is 2.17. The van der Waals surface area contributed by atoms with Gasteiger partial charge in [-0.2, -0.15) is 0 Å². The number of anilines is 2. The molecule has 2 aromatic rings. The zero-order valence-corrected chi connectivity index (χ0v) is 13.3. The number of hydrogen-bond donors (Lipinski definition) is 2. The Morgan fingerprint density at radius 1 is 1.13 bits per heavy atom. The SMILES string of the molecule is Cc1ccc(S(=O)(=O)Nc2ccc3c(c2)NC(=O)CCO3)cc1. The van der Waals surface area contributed by atoms with Crippen LogP contribution in [0.2, 0.25) is 0 Å². The maximum absolute atomic E-state index is 12.4. The largest absolute Gasteiger partial charge is 0.491 e. The first-order valence-electron chi connectivity index (χ1n) is 7.10. The van der Waals surface area contributed by atoms with E-state index in [1.165, 1.54) is 0 Å². The number of rotatable bonds is 3. The first kappa shape index (κ1) is 15.4. The number of carbonyl (C=O) groups is 1. The maximum atomic E-state index is 12.4. The van der Waals surface area contributed by atoms with Crippen molar-refractivity contribution in [2.75, 3.05) is 16.6 Å². The lowest BCUT2D eigenvalue weighted by Gasteiger charge is -2.12. The Labute approximate surface area is 134 Å². The van der Waals surface area contributed by atoms with Crippen LogP contribution in [0.3, 0.4) is 0 Å². The predicted octanol–water partition coefficient (Wildman–Crippen LogP) is 2.52. The molecule has 23 heavy (non-hydrogen) atoms. The number of hydrogen-bond acceptors (Lipinski definition) is 4. The lowest BCUT2D eigenvalue weighted by Crippen LogP contribution is -2.13. The summed E-state index contributed by atoms with van der Waals surface area (Å²) in [5.41, 5.74) is 1.79. The molecule has 0 spiro atoms. The molecule has 2 N–H and O–H groups in total. The lowest BCUT2D eigenvalue weighted by molar-refractivity contribution is -0.116. The molecule has 0 aromatic heterocycles. The molecule has 3 rings (SSSR count). The van der Waals surface area contributed by atoms with Crippen LogP contribution < -0.4 is 14.8 Å². The Morgan fingerprint density at radius 3 is 2.61 bits per heavy atom. The number of nitrogens with one attached hydrogen (secondary N) is 2. The number of aryl methyl sites for hydroxylation is 1. The average Bonchev–Trinajstić information content (AvgIpc) is 2.67. The number of sulfonamides is 1. The zero-order valence-electron chi connectivity index (χ0n) is 12.5. The third-order valence-electron chi connectivity index (χ3n) is 3.42. The van der Waals surface area contributed by atoms with Crippen molar-refractivity contribution in [3.8, 4) is 5.75 Å². The van der Waals surface area contributed by atoms with Gasteiger partial charge >= 0.3 is 0 Å². The minimum Gasteiger partial charge on any atom is -0.491 e. The molecule has 6 nitrogen and oxygen atoms in total. The van der Waals surface area contributed by atoms with E-state index in [4.69, 9.17) is 4.74 Å². The van der Waals surface area contributed by atoms with Gasteiger partial charge in [0.15, 0.2) is 0 Å². The second-order valence-corrected chi connectivity index (χ2v) is 6.96. The Bertz CT molecular complexity index is 845. The van der Waals surface area contributed by atoms with Crippen molar-refractivity contribution in [2.45, 2.75) is 18.2 Å². The molecule has 120 valence electrons. The quantitative estimate of drug-likeness (QED) is 0.904. The van der Waals surface area contributed by atoms with E-state index >= 15 is 0 Å². The third-order valence-corrected chi connectivity index (χ3v) is 4.82. The Morgan fingerprint density at radius 2 is 1.87 bits per heavy atom. The topological polar surface area (TPSA) is 84.5 Å². The van der Waals surface area contributed by atoms with Crippen LogP contribution in [0.4, 0.5) is 11.4 Å². The summed E-state index contributed by atoms with van der Waals surface area (Å²) in [6, 6.07) is 11.3. The second-order valence-electron chi connectivity index (χ2n) is 5.28. The summed E-state index contributed by atoms with van der Waals surface area (Å²) in [6.45, 7) is 2.19. The van der Waals surface area contributed by atoms with Gasteiger partial charge in [-0.1, -0.05) is 17.7 Å². The Kier molecular flexibility index (Phi) is 3.96. The van der Waals surface area contributed by atoms with Crippen molar-refractivity contribution in [1.29, 1.82) is 0 Å². The van der Waals surface area contributed by atoms with Gasteiger partial charge in [0.2, 0.25) is 5.91 Å². The lowest BCUT2D eigenvalue weighted by atomic mass is 10.2. The fourth-order valence-corrected chi connectivity index (χ4v) is 3.26. The predicted molar refractivity (Wildman–Crippen MR) is 87.2 cm³/mol. The van der Waals surface area contributed by atoms with Gasteiger partial charge in [0.05, 0.1) is 29.3 Å². The molecule has 0 bridgehead atoms. The second kappa shape index (κ2) is 5.92. The van der Waals surface area contributed by atoms with Crippen molar-refractivity contribution in [3.05, 3.63) is 48.0 Å². The van der Waals surface area contributed by atoms with Gasteiger partial charge in [-0.25, -0.2) is 8.42 Å². The normalized spacial score (nSPS) is 14.2. The van der Waals surface area contributed by atoms with Gasteiger partial charge < -0.3 is 10.1 Å². The Hall–Kier alpha value is -2.54. The van der Waals surface area contributed by atoms with Crippen LogP contribution in [-0.2, 0) is 14.8 Å². The summed E-state index contributed by atoms with van der Waals surface area (Å²) in [7, 11) is -3.68. The van der Waals surface area contributed by atoms with Gasteiger partial charge in [-0.05, 0) is 37.3 Å². The average molecular weight is 332 g/mol. The first-order chi connectivity index (χ1) is 10.9. The highest BCUT2D eigenvalue weighted by Crippen LogP contribution is 2.31. The van der Waals surface area contributed by atoms with E-state index in [9.17, 15) is 13.2 Å². The number of amides is 1. The highest BCUT2D eigenvalue weighted by molar-refractivity contribution is 7.92. The van der Waals surface area contributed by atoms with Gasteiger partial charge in [0.1, 0.15) is 5.75 Å². The van der Waals surface area contributed by atoms with Crippen LogP contribution in [-0.4, -0.2) is 20.9 Å². The van der Waals surface area contributed by atoms with Gasteiger partial charge in [0, 0.05) is 0 Å². The van der Waals surface area contributed by atoms with E-state index in [0.717, 1.165) is 5.56 Å². The molecule has 7 heteroatoms. The minimum absolute atomic E-state index is 0.165. The van der Waals surface area contributed by atoms with Crippen molar-refractivity contribution < 1.29 is 17.9 Å². The molecule has 0 radical (unpaired) electrons. The smallest absolute Gasteiger partial charge is 0.261 e. The molecule has 0 saturated heterocycles. The number of fused-ring (bicyclic) bond motifs is 1. The van der Waals surface area contributed by atoms with E-state index in [1.54, 1.807) is 42.5 Å². The standard InChI is InChI=1S/C16H16N2O4S/c1-11-2-5-13(6-3-11)23(20,21)18-12-4-7-15-14(10-12)17-16(19)8-9-22-15/h2-7,10,18H,8-9H2,1H3,(H,17,19). The summed E-state index contributed by atoms with van der Waals surface area (Å²) < 4.78 is 32.7. The molecule has 0 atom stereocenters. The van der Waals surface area contributed by atoms with Gasteiger partial charge in [-0.3, -0.25) is 9.52 Å². The van der Waals surface area contributed by atoms with Crippen molar-refractivity contribution in [2.24, 2.45) is 0 Å². The summed E-state index contributed by atoms with van der Waals surface area (Å²) in [6.07, 6.45) is 0.263. The number of carbonyl (C=O) groups excluding carboxylic acids is 1. The van der Waals surface area contributed by atoms with Crippen LogP contribution in [0.25, 0.3) is 0 Å². The number of ether oxygens (including phenoxy) is 1. The zero-order chi connectivity index (χ0) is 16.4. The van der Waals surface area contributed by atoms with E-state index < -0.39 is 10.0 Å². The van der Waals surface area contributed by atoms with Crippen LogP contribution >= 0.6 is 0 Å². The van der Waals surface area contributed by atoms with Crippen molar-refractivity contribution >= 4 is 27.3 Å². The van der Waals surface area contributed by atoms with Gasteiger partial charge in [-0.15, -0.1) is 0 Å². The maximum Gasteiger partial charge on any atom is 0.261 e. The third kappa shape index (κ3) is 3.45. The number of benzene rings is 2. The van der Waals surface area contributed by atoms with E-state index in [2.05, 4.69) is 10.0 Å². The molecule has 2 aromatic carbocycles. The summed E-state index contributed by atoms with van der Waals surface area (Å²) in [5.74, 6) is 0.358. The first-order valence-corrected chi connectivity index (χ1v) is 8.58. The van der Waals surface area contributed by atoms with Crippen molar-refractivity contribution in [3.63, 3.8) is 0 Å². The van der Waals surface area contributed by atoms with Crippen molar-refractivity contribution in [1.82, 2.24) is 0 Å².